The van der Waals surface area contributed by atoms with Crippen molar-refractivity contribution in [1.82, 2.24) is 5.32 Å². The molecule has 0 aromatic heterocycles. The highest BCUT2D eigenvalue weighted by molar-refractivity contribution is 5.85. The third-order valence-electron chi connectivity index (χ3n) is 2.42. The van der Waals surface area contributed by atoms with Crippen LogP contribution in [0.4, 0.5) is 4.39 Å². The van der Waals surface area contributed by atoms with E-state index >= 15 is 0 Å². The molecule has 1 amide bonds. The molecule has 0 radical (unpaired) electrons. The normalized spacial score (nSPS) is 13.3. The Bertz CT molecular complexity index is 406. The van der Waals surface area contributed by atoms with Gasteiger partial charge in [-0.25, -0.2) is 4.39 Å². The maximum absolute atomic E-state index is 13.3. The molecule has 4 N–H and O–H groups in total. The first-order valence-electron chi connectivity index (χ1n) is 5.51. The van der Waals surface area contributed by atoms with Gasteiger partial charge in [0.1, 0.15) is 11.9 Å². The molecular weight excluding hydrogens is 275 g/mol. The zero-order valence-electron chi connectivity index (χ0n) is 10.5. The van der Waals surface area contributed by atoms with Gasteiger partial charge in [-0.3, -0.25) is 4.79 Å². The quantitative estimate of drug-likeness (QED) is 0.707. The number of nitrogens with two attached hydrogens (primary N) is 1. The number of amides is 1. The van der Waals surface area contributed by atoms with Crippen LogP contribution in [0, 0.1) is 5.82 Å². The Morgan fingerprint density at radius 1 is 1.53 bits per heavy atom. The highest BCUT2D eigenvalue weighted by Gasteiger charge is 2.16. The Labute approximate surface area is 117 Å². The van der Waals surface area contributed by atoms with Crippen molar-refractivity contribution in [3.8, 4) is 0 Å². The van der Waals surface area contributed by atoms with Crippen LogP contribution >= 0.6 is 12.4 Å². The largest absolute Gasteiger partial charge is 0.386 e. The van der Waals surface area contributed by atoms with E-state index in [1.807, 2.05) is 0 Å². The molecule has 0 bridgehead atoms. The summed E-state index contributed by atoms with van der Waals surface area (Å²) in [4.78, 5) is 11.4. The predicted octanol–water partition coefficient (Wildman–Crippen LogP) is 0.371. The molecule has 1 aromatic rings. The van der Waals surface area contributed by atoms with Crippen LogP contribution in [0.2, 0.25) is 0 Å². The third-order valence-corrected chi connectivity index (χ3v) is 2.42. The van der Waals surface area contributed by atoms with E-state index in [4.69, 9.17) is 10.5 Å². The number of methoxy groups -OCH3 is 1. The number of hydrogen-bond donors (Lipinski definition) is 3. The first-order valence-corrected chi connectivity index (χ1v) is 5.51. The molecule has 1 rings (SSSR count). The fourth-order valence-corrected chi connectivity index (χ4v) is 1.44. The molecular formula is C12H18ClFN2O3. The van der Waals surface area contributed by atoms with E-state index in [1.54, 1.807) is 6.07 Å². The monoisotopic (exact) mass is 292 g/mol. The number of hydrogen-bond acceptors (Lipinski definition) is 4. The van der Waals surface area contributed by atoms with Crippen molar-refractivity contribution in [2.45, 2.75) is 12.1 Å². The van der Waals surface area contributed by atoms with Gasteiger partial charge in [-0.1, -0.05) is 18.2 Å². The fraction of sp³-hybridized carbons (Fsp3) is 0.417. The topological polar surface area (TPSA) is 84.6 Å². The van der Waals surface area contributed by atoms with Gasteiger partial charge >= 0.3 is 0 Å². The number of ether oxygens (including phenoxy) is 1. The van der Waals surface area contributed by atoms with Crippen molar-refractivity contribution < 1.29 is 19.0 Å². The lowest BCUT2D eigenvalue weighted by molar-refractivity contribution is -0.123. The summed E-state index contributed by atoms with van der Waals surface area (Å²) < 4.78 is 18.1. The minimum atomic E-state index is -1.11. The summed E-state index contributed by atoms with van der Waals surface area (Å²) in [6.45, 7) is -0.0151. The molecule has 0 heterocycles. The smallest absolute Gasteiger partial charge is 0.239 e. The fourth-order valence-electron chi connectivity index (χ4n) is 1.44. The summed E-state index contributed by atoms with van der Waals surface area (Å²) >= 11 is 0. The number of aliphatic hydroxyl groups excluding tert-OH is 1. The lowest BCUT2D eigenvalue weighted by Crippen LogP contribution is -2.44. The average Bonchev–Trinajstić information content (AvgIpc) is 2.36. The summed E-state index contributed by atoms with van der Waals surface area (Å²) in [7, 11) is 1.43. The Kier molecular flexibility index (Phi) is 8.26. The maximum Gasteiger partial charge on any atom is 0.239 e. The molecule has 0 fully saturated rings. The lowest BCUT2D eigenvalue weighted by Gasteiger charge is -2.15. The summed E-state index contributed by atoms with van der Waals surface area (Å²) in [5, 5.41) is 12.2. The lowest BCUT2D eigenvalue weighted by atomic mass is 10.1. The van der Waals surface area contributed by atoms with Crippen molar-refractivity contribution in [3.05, 3.63) is 35.6 Å². The highest BCUT2D eigenvalue weighted by atomic mass is 35.5. The standard InChI is InChI=1S/C12H17FN2O3.ClH/c1-18-7-10(14)12(17)15-6-11(16)8-4-2-3-5-9(8)13;/h2-5,10-11,16H,6-7,14H2,1H3,(H,15,17);1H. The van der Waals surface area contributed by atoms with Crippen molar-refractivity contribution in [1.29, 1.82) is 0 Å². The number of halogens is 2. The molecule has 1 aromatic carbocycles. The van der Waals surface area contributed by atoms with Crippen molar-refractivity contribution in [3.63, 3.8) is 0 Å². The van der Waals surface area contributed by atoms with Crippen LogP contribution in [-0.4, -0.2) is 37.3 Å². The molecule has 2 atom stereocenters. The molecule has 19 heavy (non-hydrogen) atoms. The molecule has 0 saturated heterocycles. The second-order valence-corrected chi connectivity index (χ2v) is 3.84. The molecule has 5 nitrogen and oxygen atoms in total. The minimum absolute atomic E-state index is 0. The third kappa shape index (κ3) is 5.52. The van der Waals surface area contributed by atoms with Crippen LogP contribution in [0.3, 0.4) is 0 Å². The second kappa shape index (κ2) is 8.82. The van der Waals surface area contributed by atoms with Gasteiger partial charge in [-0.2, -0.15) is 0 Å². The van der Waals surface area contributed by atoms with Gasteiger partial charge in [0.2, 0.25) is 5.91 Å². The molecule has 108 valence electrons. The number of aliphatic hydroxyl groups is 1. The first-order chi connectivity index (χ1) is 8.56. The van der Waals surface area contributed by atoms with Crippen LogP contribution in [0.15, 0.2) is 24.3 Å². The summed E-state index contributed by atoms with van der Waals surface area (Å²) in [6.07, 6.45) is -1.11. The Morgan fingerprint density at radius 2 is 2.16 bits per heavy atom. The highest BCUT2D eigenvalue weighted by Crippen LogP contribution is 2.15. The molecule has 0 saturated carbocycles. The summed E-state index contributed by atoms with van der Waals surface area (Å²) in [5.41, 5.74) is 5.63. The first kappa shape index (κ1) is 17.8. The van der Waals surface area contributed by atoms with Gasteiger partial charge in [0.25, 0.3) is 0 Å². The van der Waals surface area contributed by atoms with Crippen LogP contribution in [0.25, 0.3) is 0 Å². The zero-order chi connectivity index (χ0) is 13.5. The van der Waals surface area contributed by atoms with Gasteiger partial charge in [0.05, 0.1) is 12.7 Å². The number of benzene rings is 1. The van der Waals surface area contributed by atoms with Crippen molar-refractivity contribution >= 4 is 18.3 Å². The van der Waals surface area contributed by atoms with E-state index in [1.165, 1.54) is 25.3 Å². The number of carbonyl (C=O) groups excluding carboxylic acids is 1. The number of carbonyl (C=O) groups is 1. The number of nitrogens with one attached hydrogen (secondary N) is 1. The summed E-state index contributed by atoms with van der Waals surface area (Å²) in [6, 6.07) is 5.04. The molecule has 2 unspecified atom stereocenters. The van der Waals surface area contributed by atoms with E-state index < -0.39 is 23.9 Å². The van der Waals surface area contributed by atoms with Gasteiger partial charge < -0.3 is 20.9 Å². The predicted molar refractivity (Wildman–Crippen MR) is 71.5 cm³/mol. The summed E-state index contributed by atoms with van der Waals surface area (Å²) in [5.74, 6) is -0.965. The molecule has 0 spiro atoms. The number of rotatable bonds is 6. The van der Waals surface area contributed by atoms with Gasteiger partial charge in [-0.15, -0.1) is 12.4 Å². The Hall–Kier alpha value is -1.21. The van der Waals surface area contributed by atoms with Gasteiger partial charge in [-0.05, 0) is 6.07 Å². The van der Waals surface area contributed by atoms with Crippen molar-refractivity contribution in [2.75, 3.05) is 20.3 Å². The average molecular weight is 293 g/mol. The van der Waals surface area contributed by atoms with Crippen LogP contribution in [-0.2, 0) is 9.53 Å². The van der Waals surface area contributed by atoms with E-state index in [-0.39, 0.29) is 31.1 Å². The molecule has 0 aliphatic heterocycles. The van der Waals surface area contributed by atoms with Crippen LogP contribution in [0.5, 0.6) is 0 Å². The molecule has 0 aliphatic rings. The minimum Gasteiger partial charge on any atom is -0.386 e. The second-order valence-electron chi connectivity index (χ2n) is 3.84. The van der Waals surface area contributed by atoms with E-state index in [0.29, 0.717) is 0 Å². The van der Waals surface area contributed by atoms with E-state index in [2.05, 4.69) is 5.32 Å². The maximum atomic E-state index is 13.3. The molecule has 0 aliphatic carbocycles. The van der Waals surface area contributed by atoms with Crippen molar-refractivity contribution in [2.24, 2.45) is 5.73 Å². The van der Waals surface area contributed by atoms with Gasteiger partial charge in [0, 0.05) is 19.2 Å². The Morgan fingerprint density at radius 3 is 2.74 bits per heavy atom. The van der Waals surface area contributed by atoms with E-state index in [9.17, 15) is 14.3 Å². The van der Waals surface area contributed by atoms with Crippen LogP contribution in [0.1, 0.15) is 11.7 Å². The van der Waals surface area contributed by atoms with Crippen LogP contribution < -0.4 is 11.1 Å². The molecule has 7 heteroatoms. The van der Waals surface area contributed by atoms with E-state index in [0.717, 1.165) is 0 Å². The SMILES string of the molecule is COCC(N)C(=O)NCC(O)c1ccccc1F.Cl. The Balaban J connectivity index is 0.00000324. The zero-order valence-corrected chi connectivity index (χ0v) is 11.3. The van der Waals surface area contributed by atoms with Gasteiger partial charge in [0.15, 0.2) is 0 Å².